The molecule has 1 nitrogen and oxygen atoms in total. The zero-order valence-electron chi connectivity index (χ0n) is 2.15. The monoisotopic (exact) mass is 126 g/mol. The number of hydrogen-bond acceptors (Lipinski definition) is 1. The molecular formula is C2H8K2O. The summed E-state index contributed by atoms with van der Waals surface area (Å²) in [6.45, 7) is 1.93. The van der Waals surface area contributed by atoms with Gasteiger partial charge in [0, 0.05) is 6.61 Å². The number of aliphatic hydroxyl groups excluding tert-OH is 1. The first-order chi connectivity index (χ1) is 1.41. The van der Waals surface area contributed by atoms with Gasteiger partial charge in [0.05, 0.1) is 0 Å². The fraction of sp³-hybridized carbons (Fsp3) is 1.00. The van der Waals surface area contributed by atoms with Crippen LogP contribution in [0.4, 0.5) is 0 Å². The van der Waals surface area contributed by atoms with Gasteiger partial charge in [-0.15, -0.1) is 0 Å². The normalized spacial score (nSPS) is 3.60. The molecule has 1 N–H and O–H groups in total. The molecule has 0 atom stereocenters. The Hall–Kier alpha value is 3.23. The number of aliphatic hydroxyl groups is 1. The summed E-state index contributed by atoms with van der Waals surface area (Å²) in [5.41, 5.74) is 0. The molecule has 0 aromatic rings. The van der Waals surface area contributed by atoms with Crippen molar-refractivity contribution in [2.45, 2.75) is 6.92 Å². The van der Waals surface area contributed by atoms with Gasteiger partial charge in [-0.2, -0.15) is 0 Å². The molecule has 0 rings (SSSR count). The molecule has 0 aliphatic rings. The molecule has 0 saturated carbocycles. The third-order valence-corrected chi connectivity index (χ3v) is 0. The second-order valence-electron chi connectivity index (χ2n) is 0.316. The molecule has 0 heterocycles. The molecule has 3 heteroatoms. The zero-order chi connectivity index (χ0) is 2.71. The molecule has 0 unspecified atom stereocenters. The van der Waals surface area contributed by atoms with Crippen LogP contribution >= 0.6 is 0 Å². The molecule has 0 saturated heterocycles. The number of hydrogen-bond donors (Lipinski definition) is 1. The van der Waals surface area contributed by atoms with Crippen molar-refractivity contribution in [1.29, 1.82) is 0 Å². The van der Waals surface area contributed by atoms with Gasteiger partial charge in [-0.05, 0) is 6.92 Å². The van der Waals surface area contributed by atoms with Crippen molar-refractivity contribution in [2.24, 2.45) is 0 Å². The summed E-state index contributed by atoms with van der Waals surface area (Å²) in [6, 6.07) is 0. The van der Waals surface area contributed by atoms with Crippen molar-refractivity contribution in [3.63, 3.8) is 0 Å². The summed E-state index contributed by atoms with van der Waals surface area (Å²) >= 11 is 0. The van der Waals surface area contributed by atoms with E-state index in [4.69, 9.17) is 5.11 Å². The molecule has 24 valence electrons. The van der Waals surface area contributed by atoms with Crippen LogP contribution in [-0.2, 0) is 0 Å². The van der Waals surface area contributed by atoms with Gasteiger partial charge in [0.1, 0.15) is 0 Å². The van der Waals surface area contributed by atoms with Crippen LogP contribution in [0, 0.1) is 0 Å². The van der Waals surface area contributed by atoms with Gasteiger partial charge in [-0.1, -0.05) is 0 Å². The molecular weight excluding hydrogens is 118 g/mol. The molecule has 5 heavy (non-hydrogen) atoms. The Labute approximate surface area is 118 Å². The maximum atomic E-state index is 7.57. The van der Waals surface area contributed by atoms with Gasteiger partial charge < -0.3 is 5.11 Å². The van der Waals surface area contributed by atoms with E-state index in [-0.39, 0.29) is 109 Å². The van der Waals surface area contributed by atoms with Gasteiger partial charge in [-0.25, -0.2) is 0 Å². The summed E-state index contributed by atoms with van der Waals surface area (Å²) in [6.07, 6.45) is 0. The van der Waals surface area contributed by atoms with E-state index < -0.39 is 0 Å². The first-order valence-electron chi connectivity index (χ1n) is 1.02. The zero-order valence-corrected chi connectivity index (χ0v) is 2.15. The Kier molecular flexibility index (Phi) is 49.3. The molecule has 0 spiro atoms. The summed E-state index contributed by atoms with van der Waals surface area (Å²) in [4.78, 5) is 0. The van der Waals surface area contributed by atoms with Crippen molar-refractivity contribution in [2.75, 3.05) is 6.61 Å². The Morgan fingerprint density at radius 1 is 1.40 bits per heavy atom. The number of rotatable bonds is 0. The summed E-state index contributed by atoms with van der Waals surface area (Å²) in [7, 11) is 0. The van der Waals surface area contributed by atoms with Crippen LogP contribution in [0.15, 0.2) is 0 Å². The minimum absolute atomic E-state index is 0. The standard InChI is InChI=1S/C2H6O.2K.2H/c1-2-3;;;;/h3H,2H2,1H3;;;;. The van der Waals surface area contributed by atoms with Crippen molar-refractivity contribution >= 4 is 103 Å². The van der Waals surface area contributed by atoms with Crippen LogP contribution in [0.25, 0.3) is 0 Å². The van der Waals surface area contributed by atoms with Crippen molar-refractivity contribution in [3.05, 3.63) is 0 Å². The van der Waals surface area contributed by atoms with E-state index in [1.807, 2.05) is 0 Å². The Bertz CT molecular complexity index is 7.61. The van der Waals surface area contributed by atoms with E-state index in [1.54, 1.807) is 6.92 Å². The van der Waals surface area contributed by atoms with Crippen molar-refractivity contribution in [3.8, 4) is 0 Å². The molecule has 0 aliphatic heterocycles. The van der Waals surface area contributed by atoms with Crippen LogP contribution in [0.5, 0.6) is 0 Å². The predicted molar refractivity (Wildman–Crippen MR) is 27.1 cm³/mol. The predicted octanol–water partition coefficient (Wildman–Crippen LogP) is -1.30. The second-order valence-corrected chi connectivity index (χ2v) is 0.316. The minimum atomic E-state index is 0. The third-order valence-electron chi connectivity index (χ3n) is 0. The van der Waals surface area contributed by atoms with Crippen molar-refractivity contribution in [1.82, 2.24) is 0 Å². The van der Waals surface area contributed by atoms with E-state index in [0.717, 1.165) is 0 Å². The van der Waals surface area contributed by atoms with Crippen LogP contribution in [0.1, 0.15) is 6.92 Å². The topological polar surface area (TPSA) is 20.2 Å². The molecule has 0 radical (unpaired) electrons. The van der Waals surface area contributed by atoms with E-state index in [0.29, 0.717) is 0 Å². The average Bonchev–Trinajstić information content (AvgIpc) is 0.918. The molecule has 0 aromatic heterocycles. The van der Waals surface area contributed by atoms with Crippen LogP contribution in [-0.4, -0.2) is 114 Å². The summed E-state index contributed by atoms with van der Waals surface area (Å²) < 4.78 is 0. The van der Waals surface area contributed by atoms with Gasteiger partial charge in [0.2, 0.25) is 0 Å². The van der Waals surface area contributed by atoms with Crippen LogP contribution in [0.3, 0.4) is 0 Å². The summed E-state index contributed by atoms with van der Waals surface area (Å²) in [5, 5.41) is 7.57. The quantitative estimate of drug-likeness (QED) is 0.400. The Morgan fingerprint density at radius 3 is 1.40 bits per heavy atom. The van der Waals surface area contributed by atoms with E-state index in [2.05, 4.69) is 0 Å². The van der Waals surface area contributed by atoms with Gasteiger partial charge in [-0.3, -0.25) is 0 Å². The van der Waals surface area contributed by atoms with Crippen LogP contribution < -0.4 is 0 Å². The maximum absolute atomic E-state index is 7.57. The van der Waals surface area contributed by atoms with Crippen LogP contribution in [0.2, 0.25) is 0 Å². The first kappa shape index (κ1) is 15.7. The van der Waals surface area contributed by atoms with Gasteiger partial charge >= 0.3 is 103 Å². The molecule has 0 amide bonds. The SMILES string of the molecule is CCO.[KH].[KH]. The Balaban J connectivity index is -0.0000000200. The Morgan fingerprint density at radius 2 is 1.40 bits per heavy atom. The molecule has 0 aliphatic carbocycles. The summed E-state index contributed by atoms with van der Waals surface area (Å²) in [5.74, 6) is 0. The van der Waals surface area contributed by atoms with E-state index >= 15 is 0 Å². The fourth-order valence-corrected chi connectivity index (χ4v) is 0. The van der Waals surface area contributed by atoms with E-state index in [1.165, 1.54) is 0 Å². The van der Waals surface area contributed by atoms with E-state index in [9.17, 15) is 0 Å². The second kappa shape index (κ2) is 15.7. The van der Waals surface area contributed by atoms with Gasteiger partial charge in [0.25, 0.3) is 0 Å². The molecule has 0 fully saturated rings. The average molecular weight is 126 g/mol. The third kappa shape index (κ3) is 19.0. The van der Waals surface area contributed by atoms with Gasteiger partial charge in [0.15, 0.2) is 0 Å². The fourth-order valence-electron chi connectivity index (χ4n) is 0. The molecule has 0 bridgehead atoms. The van der Waals surface area contributed by atoms with Crippen molar-refractivity contribution < 1.29 is 5.11 Å². The molecule has 0 aromatic carbocycles. The first-order valence-corrected chi connectivity index (χ1v) is 1.02.